The van der Waals surface area contributed by atoms with E-state index in [0.717, 1.165) is 6.21 Å². The molecule has 38 heavy (non-hydrogen) atoms. The van der Waals surface area contributed by atoms with Gasteiger partial charge in [0.05, 0.1) is 11.3 Å². The highest BCUT2D eigenvalue weighted by molar-refractivity contribution is 6.13. The molecule has 0 radical (unpaired) electrons. The smallest absolute Gasteiger partial charge is 0.394 e. The molecule has 1 fully saturated rings. The Balaban J connectivity index is 1.52. The van der Waals surface area contributed by atoms with Crippen LogP contribution in [0.2, 0.25) is 0 Å². The molecule has 2 aromatic carbocycles. The summed E-state index contributed by atoms with van der Waals surface area (Å²) < 4.78 is 39.7. The summed E-state index contributed by atoms with van der Waals surface area (Å²) in [5.74, 6) is -1.44. The maximum atomic E-state index is 13.2. The molecule has 1 saturated carbocycles. The van der Waals surface area contributed by atoms with Gasteiger partial charge in [-0.15, -0.1) is 0 Å². The third-order valence-electron chi connectivity index (χ3n) is 6.55. The Morgan fingerprint density at radius 2 is 1.53 bits per heavy atom. The molecule has 10 heteroatoms. The second-order valence-corrected chi connectivity index (χ2v) is 9.21. The Labute approximate surface area is 219 Å². The zero-order valence-corrected chi connectivity index (χ0v) is 21.1. The summed E-state index contributed by atoms with van der Waals surface area (Å²) in [7, 11) is 1.58. The Kier molecular flexibility index (Phi) is 9.81. The number of aliphatic imine (C=N–C) groups is 1. The number of amides is 2. The summed E-state index contributed by atoms with van der Waals surface area (Å²) in [6, 6.07) is 17.3. The fourth-order valence-corrected chi connectivity index (χ4v) is 4.35. The van der Waals surface area contributed by atoms with Gasteiger partial charge in [-0.25, -0.2) is 0 Å². The minimum atomic E-state index is -4.91. The van der Waals surface area contributed by atoms with Gasteiger partial charge in [-0.3, -0.25) is 19.4 Å². The Morgan fingerprint density at radius 1 is 0.974 bits per heavy atom. The van der Waals surface area contributed by atoms with Crippen LogP contribution in [0.3, 0.4) is 0 Å². The molecule has 202 valence electrons. The number of nitrogens with zero attached hydrogens (tertiary/aromatic N) is 2. The quantitative estimate of drug-likeness (QED) is 0.285. The number of hydrogen-bond acceptors (Lipinski definition) is 5. The number of ketones is 1. The van der Waals surface area contributed by atoms with E-state index in [1.807, 2.05) is 18.2 Å². The summed E-state index contributed by atoms with van der Waals surface area (Å²) in [6.07, 6.45) is -1.76. The first-order chi connectivity index (χ1) is 18.1. The van der Waals surface area contributed by atoms with Crippen molar-refractivity contribution in [2.75, 3.05) is 20.1 Å². The van der Waals surface area contributed by atoms with Crippen LogP contribution in [0.4, 0.5) is 18.9 Å². The van der Waals surface area contributed by atoms with Crippen molar-refractivity contribution in [3.8, 4) is 0 Å². The fourth-order valence-electron chi connectivity index (χ4n) is 4.35. The van der Waals surface area contributed by atoms with Crippen molar-refractivity contribution in [3.63, 3.8) is 0 Å². The Morgan fingerprint density at radius 3 is 2.11 bits per heavy atom. The number of hydrogen-bond donors (Lipinski definition) is 2. The summed E-state index contributed by atoms with van der Waals surface area (Å²) >= 11 is 0. The number of likely N-dealkylation sites (N-methyl/N-ethyl adjacent to an activating group) is 1. The number of rotatable bonds is 9. The van der Waals surface area contributed by atoms with Gasteiger partial charge in [0.25, 0.3) is 5.91 Å². The minimum Gasteiger partial charge on any atom is -0.394 e. The summed E-state index contributed by atoms with van der Waals surface area (Å²) in [5, 5.41) is 2.39. The number of nitrogens with one attached hydrogen (secondary N) is 1. The molecule has 3 rings (SSSR count). The van der Waals surface area contributed by atoms with Gasteiger partial charge in [0.15, 0.2) is 5.78 Å². The van der Waals surface area contributed by atoms with E-state index in [9.17, 15) is 27.6 Å². The van der Waals surface area contributed by atoms with Crippen LogP contribution in [0.5, 0.6) is 0 Å². The molecule has 0 bridgehead atoms. The maximum Gasteiger partial charge on any atom is 0.431 e. The van der Waals surface area contributed by atoms with E-state index in [-0.39, 0.29) is 36.6 Å². The molecule has 0 spiro atoms. The van der Waals surface area contributed by atoms with E-state index in [1.165, 1.54) is 4.90 Å². The van der Waals surface area contributed by atoms with Crippen LogP contribution in [0, 0.1) is 11.8 Å². The average molecular weight is 529 g/mol. The van der Waals surface area contributed by atoms with Gasteiger partial charge in [0, 0.05) is 43.8 Å². The molecule has 0 aromatic heterocycles. The number of Topliss-reactive ketones (excluding diaryl/α,β-unsaturated/α-hetero) is 1. The molecule has 2 amide bonds. The molecule has 0 aliphatic heterocycles. The normalized spacial score (nSPS) is 18.5. The average Bonchev–Trinajstić information content (AvgIpc) is 2.92. The molecular weight excluding hydrogens is 497 g/mol. The van der Waals surface area contributed by atoms with Crippen molar-refractivity contribution in [3.05, 3.63) is 77.5 Å². The molecule has 0 atom stereocenters. The van der Waals surface area contributed by atoms with Crippen molar-refractivity contribution in [1.82, 2.24) is 10.2 Å². The molecule has 0 unspecified atom stereocenters. The molecule has 1 aliphatic rings. The fraction of sp³-hybridized carbons (Fsp3) is 0.357. The van der Waals surface area contributed by atoms with Gasteiger partial charge >= 0.3 is 6.18 Å². The zero-order chi connectivity index (χ0) is 27.7. The van der Waals surface area contributed by atoms with Crippen molar-refractivity contribution in [2.45, 2.75) is 31.9 Å². The van der Waals surface area contributed by atoms with Crippen molar-refractivity contribution >= 4 is 29.5 Å². The van der Waals surface area contributed by atoms with Gasteiger partial charge < -0.3 is 16.0 Å². The highest BCUT2D eigenvalue weighted by atomic mass is 19.4. The second kappa shape index (κ2) is 13.0. The van der Waals surface area contributed by atoms with E-state index < -0.39 is 23.4 Å². The SMILES string of the molecule is CN(CCNC(=O)C(C=Nc1ccccc1)=C(N)C(F)(F)F)C(=O)C1CCC(C(=O)c2ccccc2)CC1. The number of halogens is 3. The minimum absolute atomic E-state index is 0.0727. The lowest BCUT2D eigenvalue weighted by molar-refractivity contribution is -0.135. The second-order valence-electron chi connectivity index (χ2n) is 9.21. The highest BCUT2D eigenvalue weighted by Crippen LogP contribution is 2.32. The first-order valence-corrected chi connectivity index (χ1v) is 12.4. The molecule has 0 heterocycles. The first kappa shape index (κ1) is 28.6. The van der Waals surface area contributed by atoms with E-state index >= 15 is 0 Å². The number of carbonyl (C=O) groups is 3. The molecule has 3 N–H and O–H groups in total. The van der Waals surface area contributed by atoms with E-state index in [4.69, 9.17) is 5.73 Å². The molecule has 0 saturated heterocycles. The third kappa shape index (κ3) is 7.77. The number of allylic oxidation sites excluding steroid dienone is 1. The number of nitrogens with two attached hydrogens (primary N) is 1. The zero-order valence-electron chi connectivity index (χ0n) is 21.1. The Bertz CT molecular complexity index is 1170. The molecule has 7 nitrogen and oxygen atoms in total. The van der Waals surface area contributed by atoms with Crippen molar-refractivity contribution < 1.29 is 27.6 Å². The number of alkyl halides is 3. The predicted molar refractivity (Wildman–Crippen MR) is 139 cm³/mol. The van der Waals surface area contributed by atoms with Crippen LogP contribution in [-0.4, -0.2) is 55.0 Å². The lowest BCUT2D eigenvalue weighted by atomic mass is 9.78. The largest absolute Gasteiger partial charge is 0.431 e. The van der Waals surface area contributed by atoms with Gasteiger partial charge in [-0.1, -0.05) is 48.5 Å². The van der Waals surface area contributed by atoms with Crippen LogP contribution >= 0.6 is 0 Å². The standard InChI is InChI=1S/C28H31F3N4O3/c1-35(27(38)21-14-12-20(13-15-21)24(36)19-8-4-2-5-9-19)17-16-33-26(37)23(25(32)28(29,30)31)18-34-22-10-6-3-7-11-22/h2-11,18,20-21H,12-17,32H2,1H3,(H,33,37). The van der Waals surface area contributed by atoms with Crippen LogP contribution in [-0.2, 0) is 9.59 Å². The number of benzene rings is 2. The van der Waals surface area contributed by atoms with E-state index in [2.05, 4.69) is 10.3 Å². The van der Waals surface area contributed by atoms with Gasteiger partial charge in [0.2, 0.25) is 5.91 Å². The summed E-state index contributed by atoms with van der Waals surface area (Å²) in [5.41, 5.74) is 3.89. The Hall–Kier alpha value is -3.95. The van der Waals surface area contributed by atoms with Crippen molar-refractivity contribution in [2.24, 2.45) is 22.6 Å². The van der Waals surface area contributed by atoms with Gasteiger partial charge in [0.1, 0.15) is 5.70 Å². The van der Waals surface area contributed by atoms with E-state index in [0.29, 0.717) is 36.9 Å². The van der Waals surface area contributed by atoms with Crippen LogP contribution < -0.4 is 11.1 Å². The summed E-state index contributed by atoms with van der Waals surface area (Å²) in [4.78, 5) is 43.5. The third-order valence-corrected chi connectivity index (χ3v) is 6.55. The van der Waals surface area contributed by atoms with Crippen LogP contribution in [0.15, 0.2) is 76.9 Å². The molecular formula is C28H31F3N4O3. The summed E-state index contributed by atoms with van der Waals surface area (Å²) in [6.45, 7) is 0.0270. The van der Waals surface area contributed by atoms with Crippen molar-refractivity contribution in [1.29, 1.82) is 0 Å². The molecule has 1 aliphatic carbocycles. The van der Waals surface area contributed by atoms with Crippen LogP contribution in [0.1, 0.15) is 36.0 Å². The highest BCUT2D eigenvalue weighted by Gasteiger charge is 2.36. The molecule has 2 aromatic rings. The monoisotopic (exact) mass is 528 g/mol. The predicted octanol–water partition coefficient (Wildman–Crippen LogP) is 4.43. The number of carbonyl (C=O) groups excluding carboxylic acids is 3. The topological polar surface area (TPSA) is 105 Å². The lowest BCUT2D eigenvalue weighted by Gasteiger charge is -2.30. The lowest BCUT2D eigenvalue weighted by Crippen LogP contribution is -2.41. The van der Waals surface area contributed by atoms with Crippen LogP contribution in [0.25, 0.3) is 0 Å². The van der Waals surface area contributed by atoms with Gasteiger partial charge in [-0.2, -0.15) is 13.2 Å². The first-order valence-electron chi connectivity index (χ1n) is 12.4. The maximum absolute atomic E-state index is 13.2. The van der Waals surface area contributed by atoms with Gasteiger partial charge in [-0.05, 0) is 37.8 Å². The number of para-hydroxylation sites is 1. The van der Waals surface area contributed by atoms with E-state index in [1.54, 1.807) is 49.5 Å².